The Labute approximate surface area is 87.9 Å². The maximum Gasteiger partial charge on any atom is 0.0372 e. The number of hydrogen-bond donors (Lipinski definition) is 1. The van der Waals surface area contributed by atoms with Crippen molar-refractivity contribution in [3.05, 3.63) is 28.2 Å². The first-order valence-corrected chi connectivity index (χ1v) is 5.10. The van der Waals surface area contributed by atoms with Crippen LogP contribution in [0.15, 0.2) is 22.7 Å². The van der Waals surface area contributed by atoms with Gasteiger partial charge in [0.2, 0.25) is 0 Å². The maximum absolute atomic E-state index is 5.50. The molecular formula is C10H15BrN2. The molecule has 0 aliphatic heterocycles. The monoisotopic (exact) mass is 242 g/mol. The van der Waals surface area contributed by atoms with E-state index < -0.39 is 0 Å². The van der Waals surface area contributed by atoms with E-state index in [-0.39, 0.29) is 0 Å². The van der Waals surface area contributed by atoms with Crippen LogP contribution in [0.3, 0.4) is 0 Å². The van der Waals surface area contributed by atoms with E-state index in [1.807, 2.05) is 14.1 Å². The van der Waals surface area contributed by atoms with Crippen molar-refractivity contribution in [2.75, 3.05) is 25.5 Å². The molecule has 0 fully saturated rings. The Kier molecular flexibility index (Phi) is 3.75. The molecule has 3 heteroatoms. The molecule has 1 aromatic carbocycles. The van der Waals surface area contributed by atoms with Crippen LogP contribution in [-0.2, 0) is 6.42 Å². The quantitative estimate of drug-likeness (QED) is 0.879. The van der Waals surface area contributed by atoms with Gasteiger partial charge in [0.05, 0.1) is 0 Å². The highest BCUT2D eigenvalue weighted by molar-refractivity contribution is 9.10. The molecule has 2 nitrogen and oxygen atoms in total. The summed E-state index contributed by atoms with van der Waals surface area (Å²) in [5.74, 6) is 0. The molecule has 0 spiro atoms. The highest BCUT2D eigenvalue weighted by Crippen LogP contribution is 2.23. The molecule has 1 aromatic rings. The zero-order valence-corrected chi connectivity index (χ0v) is 9.63. The van der Waals surface area contributed by atoms with Crippen LogP contribution in [0.2, 0.25) is 0 Å². The van der Waals surface area contributed by atoms with E-state index in [2.05, 4.69) is 39.0 Å². The molecule has 0 amide bonds. The predicted molar refractivity (Wildman–Crippen MR) is 61.2 cm³/mol. The molecule has 0 atom stereocenters. The average molecular weight is 243 g/mol. The number of hydrogen-bond acceptors (Lipinski definition) is 2. The molecule has 0 unspecified atom stereocenters. The fourth-order valence-electron chi connectivity index (χ4n) is 1.17. The highest BCUT2D eigenvalue weighted by Gasteiger charge is 2.01. The number of anilines is 1. The van der Waals surface area contributed by atoms with Gasteiger partial charge in [-0.2, -0.15) is 0 Å². The third kappa shape index (κ3) is 2.71. The van der Waals surface area contributed by atoms with Gasteiger partial charge < -0.3 is 10.6 Å². The van der Waals surface area contributed by atoms with Crippen LogP contribution in [0.5, 0.6) is 0 Å². The fourth-order valence-corrected chi connectivity index (χ4v) is 1.74. The van der Waals surface area contributed by atoms with Crippen LogP contribution in [0.4, 0.5) is 5.69 Å². The molecule has 0 aromatic heterocycles. The predicted octanol–water partition coefficient (Wildman–Crippen LogP) is 2.02. The van der Waals surface area contributed by atoms with E-state index in [1.165, 1.54) is 11.3 Å². The lowest BCUT2D eigenvalue weighted by molar-refractivity contribution is 0.962. The van der Waals surface area contributed by atoms with Crippen molar-refractivity contribution in [3.8, 4) is 0 Å². The summed E-state index contributed by atoms with van der Waals surface area (Å²) in [6, 6.07) is 6.34. The van der Waals surface area contributed by atoms with Crippen molar-refractivity contribution < 1.29 is 0 Å². The van der Waals surface area contributed by atoms with Crippen molar-refractivity contribution in [2.24, 2.45) is 5.73 Å². The third-order valence-corrected chi connectivity index (χ3v) is 2.70. The molecule has 0 saturated heterocycles. The Morgan fingerprint density at radius 1 is 1.38 bits per heavy atom. The summed E-state index contributed by atoms with van der Waals surface area (Å²) in [6.07, 6.45) is 0.925. The van der Waals surface area contributed by atoms with E-state index in [4.69, 9.17) is 5.73 Å². The van der Waals surface area contributed by atoms with Crippen molar-refractivity contribution >= 4 is 21.6 Å². The summed E-state index contributed by atoms with van der Waals surface area (Å²) in [6.45, 7) is 0.694. The summed E-state index contributed by atoms with van der Waals surface area (Å²) in [7, 11) is 4.06. The van der Waals surface area contributed by atoms with E-state index in [0.29, 0.717) is 6.54 Å². The van der Waals surface area contributed by atoms with Gasteiger partial charge in [0.1, 0.15) is 0 Å². The highest BCUT2D eigenvalue weighted by atomic mass is 79.9. The van der Waals surface area contributed by atoms with Gasteiger partial charge >= 0.3 is 0 Å². The average Bonchev–Trinajstić information content (AvgIpc) is 2.08. The molecule has 0 aliphatic carbocycles. The SMILES string of the molecule is CN(C)c1ccc(CCN)c(Br)c1. The minimum atomic E-state index is 0.694. The van der Waals surface area contributed by atoms with Crippen molar-refractivity contribution in [1.29, 1.82) is 0 Å². The first-order chi connectivity index (χ1) is 6.15. The number of nitrogens with two attached hydrogens (primary N) is 1. The van der Waals surface area contributed by atoms with E-state index >= 15 is 0 Å². The second kappa shape index (κ2) is 4.63. The molecule has 13 heavy (non-hydrogen) atoms. The van der Waals surface area contributed by atoms with Gasteiger partial charge in [0.25, 0.3) is 0 Å². The second-order valence-corrected chi connectivity index (χ2v) is 4.06. The summed E-state index contributed by atoms with van der Waals surface area (Å²) in [5.41, 5.74) is 7.97. The van der Waals surface area contributed by atoms with Crippen LogP contribution in [-0.4, -0.2) is 20.6 Å². The van der Waals surface area contributed by atoms with E-state index in [9.17, 15) is 0 Å². The van der Waals surface area contributed by atoms with Crippen LogP contribution < -0.4 is 10.6 Å². The molecule has 0 heterocycles. The number of halogens is 1. The largest absolute Gasteiger partial charge is 0.378 e. The Balaban J connectivity index is 2.92. The summed E-state index contributed by atoms with van der Waals surface area (Å²) >= 11 is 3.53. The molecule has 0 aliphatic rings. The second-order valence-electron chi connectivity index (χ2n) is 3.21. The standard InChI is InChI=1S/C10H15BrN2/c1-13(2)9-4-3-8(5-6-12)10(11)7-9/h3-4,7H,5-6,12H2,1-2H3. The lowest BCUT2D eigenvalue weighted by Gasteiger charge is -2.14. The minimum absolute atomic E-state index is 0.694. The lowest BCUT2D eigenvalue weighted by Crippen LogP contribution is -2.09. The van der Waals surface area contributed by atoms with E-state index in [1.54, 1.807) is 0 Å². The van der Waals surface area contributed by atoms with Crippen LogP contribution >= 0.6 is 15.9 Å². The van der Waals surface area contributed by atoms with Crippen LogP contribution in [0.1, 0.15) is 5.56 Å². The molecule has 0 saturated carbocycles. The Bertz CT molecular complexity index is 284. The van der Waals surface area contributed by atoms with Gasteiger partial charge in [-0.05, 0) is 30.7 Å². The number of benzene rings is 1. The van der Waals surface area contributed by atoms with Crippen molar-refractivity contribution in [2.45, 2.75) is 6.42 Å². The molecule has 72 valence electrons. The fraction of sp³-hybridized carbons (Fsp3) is 0.400. The Hall–Kier alpha value is -0.540. The topological polar surface area (TPSA) is 29.3 Å². The summed E-state index contributed by atoms with van der Waals surface area (Å²) < 4.78 is 1.14. The molecule has 2 N–H and O–H groups in total. The number of nitrogens with zero attached hydrogens (tertiary/aromatic N) is 1. The van der Waals surface area contributed by atoms with Gasteiger partial charge in [0, 0.05) is 24.3 Å². The minimum Gasteiger partial charge on any atom is -0.378 e. The van der Waals surface area contributed by atoms with Crippen LogP contribution in [0, 0.1) is 0 Å². The molecule has 0 radical (unpaired) electrons. The van der Waals surface area contributed by atoms with E-state index in [0.717, 1.165) is 10.9 Å². The summed E-state index contributed by atoms with van der Waals surface area (Å²) in [5, 5.41) is 0. The third-order valence-electron chi connectivity index (χ3n) is 1.97. The Morgan fingerprint density at radius 2 is 2.08 bits per heavy atom. The maximum atomic E-state index is 5.50. The van der Waals surface area contributed by atoms with Gasteiger partial charge in [-0.15, -0.1) is 0 Å². The first kappa shape index (κ1) is 10.5. The van der Waals surface area contributed by atoms with Crippen molar-refractivity contribution in [3.63, 3.8) is 0 Å². The van der Waals surface area contributed by atoms with Crippen molar-refractivity contribution in [1.82, 2.24) is 0 Å². The molecule has 0 bridgehead atoms. The van der Waals surface area contributed by atoms with Gasteiger partial charge in [-0.3, -0.25) is 0 Å². The lowest BCUT2D eigenvalue weighted by atomic mass is 10.1. The van der Waals surface area contributed by atoms with Gasteiger partial charge in [-0.25, -0.2) is 0 Å². The number of rotatable bonds is 3. The van der Waals surface area contributed by atoms with Crippen LogP contribution in [0.25, 0.3) is 0 Å². The zero-order valence-electron chi connectivity index (χ0n) is 8.05. The smallest absolute Gasteiger partial charge is 0.0372 e. The molecular weight excluding hydrogens is 228 g/mol. The first-order valence-electron chi connectivity index (χ1n) is 4.31. The molecule has 1 rings (SSSR count). The Morgan fingerprint density at radius 3 is 2.54 bits per heavy atom. The zero-order chi connectivity index (χ0) is 9.84. The normalized spacial score (nSPS) is 10.2. The van der Waals surface area contributed by atoms with Gasteiger partial charge in [0.15, 0.2) is 0 Å². The summed E-state index contributed by atoms with van der Waals surface area (Å²) in [4.78, 5) is 2.08. The van der Waals surface area contributed by atoms with Gasteiger partial charge in [-0.1, -0.05) is 22.0 Å².